The molecule has 0 unspecified atom stereocenters. The number of benzene rings is 2. The molecule has 0 saturated heterocycles. The van der Waals surface area contributed by atoms with Crippen LogP contribution in [0.5, 0.6) is 0 Å². The summed E-state index contributed by atoms with van der Waals surface area (Å²) in [6.07, 6.45) is 1.03. The maximum Gasteiger partial charge on any atom is 0.138 e. The third kappa shape index (κ3) is 3.59. The van der Waals surface area contributed by atoms with Crippen LogP contribution in [-0.4, -0.2) is 0 Å². The molecule has 2 aromatic carbocycles. The van der Waals surface area contributed by atoms with Crippen LogP contribution in [0.25, 0.3) is 0 Å². The molecule has 0 saturated carbocycles. The number of halogens is 2. The highest BCUT2D eigenvalue weighted by Gasteiger charge is 2.05. The number of nitrogens with two attached hydrogens (primary N) is 1. The Balaban J connectivity index is 2.07. The van der Waals surface area contributed by atoms with Crippen LogP contribution >= 0.6 is 22.6 Å². The van der Waals surface area contributed by atoms with Crippen molar-refractivity contribution in [2.45, 2.75) is 19.9 Å². The smallest absolute Gasteiger partial charge is 0.138 e. The Bertz CT molecular complexity index is 567. The number of nitrogen functional groups attached to an aromatic ring is 1. The molecule has 0 bridgehead atoms. The lowest BCUT2D eigenvalue weighted by molar-refractivity contribution is 0.621. The Kier molecular flexibility index (Phi) is 4.63. The molecule has 2 aromatic rings. The fourth-order valence-electron chi connectivity index (χ4n) is 1.81. The fraction of sp³-hybridized carbons (Fsp3) is 0.200. The average molecular weight is 370 g/mol. The topological polar surface area (TPSA) is 38.0 Å². The van der Waals surface area contributed by atoms with E-state index in [4.69, 9.17) is 5.73 Å². The predicted molar refractivity (Wildman–Crippen MR) is 86.7 cm³/mol. The second-order valence-corrected chi connectivity index (χ2v) is 5.54. The molecule has 0 fully saturated rings. The lowest BCUT2D eigenvalue weighted by Gasteiger charge is -2.10. The summed E-state index contributed by atoms with van der Waals surface area (Å²) < 4.78 is 14.0. The van der Waals surface area contributed by atoms with Gasteiger partial charge in [-0.25, -0.2) is 4.39 Å². The fourth-order valence-corrected chi connectivity index (χ4v) is 2.30. The first-order valence-electron chi connectivity index (χ1n) is 6.16. The van der Waals surface area contributed by atoms with Crippen molar-refractivity contribution < 1.29 is 4.39 Å². The van der Waals surface area contributed by atoms with E-state index in [0.29, 0.717) is 21.5 Å². The molecule has 0 heterocycles. The van der Waals surface area contributed by atoms with Gasteiger partial charge < -0.3 is 11.1 Å². The summed E-state index contributed by atoms with van der Waals surface area (Å²) in [5, 5.41) is 3.17. The van der Waals surface area contributed by atoms with E-state index >= 15 is 0 Å². The van der Waals surface area contributed by atoms with Gasteiger partial charge in [-0.1, -0.05) is 31.2 Å². The molecule has 0 amide bonds. The van der Waals surface area contributed by atoms with Crippen LogP contribution in [0.3, 0.4) is 0 Å². The van der Waals surface area contributed by atoms with Crippen molar-refractivity contribution in [3.63, 3.8) is 0 Å². The number of anilines is 2. The summed E-state index contributed by atoms with van der Waals surface area (Å²) in [5.74, 6) is -0.251. The largest absolute Gasteiger partial charge is 0.397 e. The van der Waals surface area contributed by atoms with Crippen molar-refractivity contribution >= 4 is 34.0 Å². The van der Waals surface area contributed by atoms with E-state index in [-0.39, 0.29) is 5.82 Å². The minimum atomic E-state index is -0.251. The third-order valence-corrected chi connectivity index (χ3v) is 3.83. The van der Waals surface area contributed by atoms with E-state index in [9.17, 15) is 4.39 Å². The molecular weight excluding hydrogens is 354 g/mol. The highest BCUT2D eigenvalue weighted by atomic mass is 127. The van der Waals surface area contributed by atoms with Crippen LogP contribution in [0.1, 0.15) is 18.1 Å². The monoisotopic (exact) mass is 370 g/mol. The maximum atomic E-state index is 13.5. The van der Waals surface area contributed by atoms with Gasteiger partial charge in [-0.2, -0.15) is 0 Å². The van der Waals surface area contributed by atoms with Crippen molar-refractivity contribution in [3.05, 3.63) is 56.9 Å². The Labute approximate surface area is 126 Å². The maximum absolute atomic E-state index is 13.5. The molecule has 0 aliphatic carbocycles. The van der Waals surface area contributed by atoms with Crippen LogP contribution in [0.15, 0.2) is 36.4 Å². The zero-order valence-corrected chi connectivity index (χ0v) is 12.9. The van der Waals surface area contributed by atoms with E-state index in [1.807, 2.05) is 22.6 Å². The highest BCUT2D eigenvalue weighted by Crippen LogP contribution is 2.24. The molecule has 0 radical (unpaired) electrons. The molecule has 0 atom stereocenters. The normalized spacial score (nSPS) is 10.5. The van der Waals surface area contributed by atoms with E-state index < -0.39 is 0 Å². The predicted octanol–water partition coefficient (Wildman–Crippen LogP) is 4.19. The summed E-state index contributed by atoms with van der Waals surface area (Å²) in [6.45, 7) is 2.76. The van der Waals surface area contributed by atoms with Gasteiger partial charge in [0.05, 0.1) is 14.9 Å². The molecule has 100 valence electrons. The van der Waals surface area contributed by atoms with Gasteiger partial charge in [0.2, 0.25) is 0 Å². The van der Waals surface area contributed by atoms with Crippen LogP contribution in [0.2, 0.25) is 0 Å². The first kappa shape index (κ1) is 14.1. The quantitative estimate of drug-likeness (QED) is 0.626. The molecular formula is C15H16FIN2. The summed E-state index contributed by atoms with van der Waals surface area (Å²) >= 11 is 1.93. The Hall–Kier alpha value is -1.30. The molecule has 0 aliphatic heterocycles. The van der Waals surface area contributed by atoms with E-state index in [1.165, 1.54) is 11.6 Å². The Morgan fingerprint density at radius 2 is 1.79 bits per heavy atom. The molecule has 0 aromatic heterocycles. The van der Waals surface area contributed by atoms with Gasteiger partial charge in [-0.15, -0.1) is 0 Å². The van der Waals surface area contributed by atoms with Crippen molar-refractivity contribution in [2.75, 3.05) is 11.1 Å². The number of aryl methyl sites for hydroxylation is 1. The molecule has 0 spiro atoms. The molecule has 2 rings (SSSR count). The zero-order valence-electron chi connectivity index (χ0n) is 10.7. The van der Waals surface area contributed by atoms with Crippen LogP contribution in [-0.2, 0) is 13.0 Å². The van der Waals surface area contributed by atoms with E-state index in [0.717, 1.165) is 12.0 Å². The molecule has 0 aliphatic rings. The number of nitrogens with one attached hydrogen (secondary N) is 1. The molecule has 4 heteroatoms. The van der Waals surface area contributed by atoms with E-state index in [1.54, 1.807) is 6.07 Å². The van der Waals surface area contributed by atoms with Gasteiger partial charge >= 0.3 is 0 Å². The minimum absolute atomic E-state index is 0.251. The van der Waals surface area contributed by atoms with Gasteiger partial charge in [0.1, 0.15) is 5.82 Å². The lowest BCUT2D eigenvalue weighted by atomic mass is 10.1. The number of rotatable bonds is 4. The first-order valence-corrected chi connectivity index (χ1v) is 7.24. The van der Waals surface area contributed by atoms with Gasteiger partial charge in [-0.05, 0) is 46.2 Å². The van der Waals surface area contributed by atoms with Crippen LogP contribution in [0.4, 0.5) is 15.8 Å². The lowest BCUT2D eigenvalue weighted by Crippen LogP contribution is -2.04. The number of hydrogen-bond acceptors (Lipinski definition) is 2. The average Bonchev–Trinajstić information content (AvgIpc) is 2.42. The first-order chi connectivity index (χ1) is 9.10. The van der Waals surface area contributed by atoms with Crippen molar-refractivity contribution in [1.82, 2.24) is 0 Å². The van der Waals surface area contributed by atoms with E-state index in [2.05, 4.69) is 36.5 Å². The highest BCUT2D eigenvalue weighted by molar-refractivity contribution is 14.1. The van der Waals surface area contributed by atoms with Gasteiger partial charge in [-0.3, -0.25) is 0 Å². The zero-order chi connectivity index (χ0) is 13.8. The molecule has 2 nitrogen and oxygen atoms in total. The Morgan fingerprint density at radius 3 is 2.42 bits per heavy atom. The molecule has 19 heavy (non-hydrogen) atoms. The van der Waals surface area contributed by atoms with Crippen LogP contribution < -0.4 is 11.1 Å². The molecule has 3 N–H and O–H groups in total. The third-order valence-electron chi connectivity index (χ3n) is 3.01. The van der Waals surface area contributed by atoms with Crippen molar-refractivity contribution in [2.24, 2.45) is 0 Å². The second kappa shape index (κ2) is 6.23. The SMILES string of the molecule is CCc1ccc(CNc2cc(F)c(I)cc2N)cc1. The summed E-state index contributed by atoms with van der Waals surface area (Å²) in [4.78, 5) is 0. The van der Waals surface area contributed by atoms with Crippen LogP contribution in [0, 0.1) is 9.39 Å². The summed E-state index contributed by atoms with van der Waals surface area (Å²) in [6, 6.07) is 11.4. The van der Waals surface area contributed by atoms with Gasteiger partial charge in [0, 0.05) is 12.6 Å². The minimum Gasteiger partial charge on any atom is -0.397 e. The Morgan fingerprint density at radius 1 is 1.16 bits per heavy atom. The number of hydrogen-bond donors (Lipinski definition) is 2. The summed E-state index contributed by atoms with van der Waals surface area (Å²) in [5.41, 5.74) is 9.53. The van der Waals surface area contributed by atoms with Crippen molar-refractivity contribution in [3.8, 4) is 0 Å². The van der Waals surface area contributed by atoms with Crippen molar-refractivity contribution in [1.29, 1.82) is 0 Å². The standard InChI is InChI=1S/C15H16FIN2/c1-2-10-3-5-11(6-4-10)9-19-15-7-12(16)13(17)8-14(15)18/h3-8,19H,2,9,18H2,1H3. The van der Waals surface area contributed by atoms with Gasteiger partial charge in [0.25, 0.3) is 0 Å². The second-order valence-electron chi connectivity index (χ2n) is 4.38. The van der Waals surface area contributed by atoms with Gasteiger partial charge in [0.15, 0.2) is 0 Å². The summed E-state index contributed by atoms with van der Waals surface area (Å²) in [7, 11) is 0.